The molecule has 2 aromatic heterocycles. The molecular weight excluding hydrogens is 370 g/mol. The largest absolute Gasteiger partial charge is 0.497 e. The van der Waals surface area contributed by atoms with Crippen molar-refractivity contribution in [3.63, 3.8) is 0 Å². The van der Waals surface area contributed by atoms with Crippen LogP contribution in [0.4, 0.5) is 0 Å². The molecule has 1 N–H and O–H groups in total. The molecule has 0 spiro atoms. The molecule has 6 nitrogen and oxygen atoms in total. The van der Waals surface area contributed by atoms with E-state index < -0.39 is 0 Å². The van der Waals surface area contributed by atoms with Gasteiger partial charge in [0.25, 0.3) is 5.91 Å². The van der Waals surface area contributed by atoms with Crippen molar-refractivity contribution in [2.24, 2.45) is 0 Å². The first-order valence-electron chi connectivity index (χ1n) is 9.55. The van der Waals surface area contributed by atoms with Crippen molar-refractivity contribution in [1.82, 2.24) is 5.32 Å². The van der Waals surface area contributed by atoms with Crippen LogP contribution in [0, 0.1) is 6.92 Å². The summed E-state index contributed by atoms with van der Waals surface area (Å²) in [6.07, 6.45) is 0. The lowest BCUT2D eigenvalue weighted by Crippen LogP contribution is -2.26. The molecule has 1 unspecified atom stereocenters. The van der Waals surface area contributed by atoms with E-state index in [9.17, 15) is 4.79 Å². The van der Waals surface area contributed by atoms with Crippen molar-refractivity contribution in [2.75, 3.05) is 13.7 Å². The number of hydrogen-bond acceptors (Lipinski definition) is 5. The summed E-state index contributed by atoms with van der Waals surface area (Å²) >= 11 is 0. The first kappa shape index (κ1) is 18.9. The summed E-state index contributed by atoms with van der Waals surface area (Å²) in [5.74, 6) is 2.34. The number of benzene rings is 2. The Morgan fingerprint density at radius 2 is 2.00 bits per heavy atom. The highest BCUT2D eigenvalue weighted by molar-refractivity contribution is 6.07. The van der Waals surface area contributed by atoms with Crippen LogP contribution >= 0.6 is 0 Å². The zero-order valence-electron chi connectivity index (χ0n) is 16.9. The Hall–Kier alpha value is -3.41. The number of aryl methyl sites for hydroxylation is 1. The molecule has 0 saturated carbocycles. The average Bonchev–Trinajstić information content (AvgIpc) is 3.28. The van der Waals surface area contributed by atoms with Crippen LogP contribution in [0.1, 0.15) is 41.8 Å². The van der Waals surface area contributed by atoms with E-state index in [-0.39, 0.29) is 11.9 Å². The van der Waals surface area contributed by atoms with Gasteiger partial charge >= 0.3 is 0 Å². The third kappa shape index (κ3) is 3.42. The van der Waals surface area contributed by atoms with E-state index in [0.29, 0.717) is 46.4 Å². The maximum Gasteiger partial charge on any atom is 0.256 e. The number of fused-ring (bicyclic) bond motifs is 2. The molecule has 1 atom stereocenters. The van der Waals surface area contributed by atoms with Gasteiger partial charge in [0.2, 0.25) is 0 Å². The van der Waals surface area contributed by atoms with Gasteiger partial charge in [0.05, 0.1) is 25.3 Å². The average molecular weight is 393 g/mol. The van der Waals surface area contributed by atoms with Gasteiger partial charge in [0, 0.05) is 10.8 Å². The van der Waals surface area contributed by atoms with Gasteiger partial charge in [-0.2, -0.15) is 0 Å². The number of ether oxygens (including phenoxy) is 2. The van der Waals surface area contributed by atoms with Gasteiger partial charge in [0.1, 0.15) is 22.9 Å². The molecular formula is C23H23NO5. The summed E-state index contributed by atoms with van der Waals surface area (Å²) < 4.78 is 22.7. The number of para-hydroxylation sites is 1. The van der Waals surface area contributed by atoms with Crippen LogP contribution in [0.15, 0.2) is 51.3 Å². The van der Waals surface area contributed by atoms with Crippen LogP contribution in [0.5, 0.6) is 11.5 Å². The number of hydrogen-bond donors (Lipinski definition) is 1. The van der Waals surface area contributed by atoms with Gasteiger partial charge in [-0.05, 0) is 51.1 Å². The molecule has 0 fully saturated rings. The van der Waals surface area contributed by atoms with E-state index in [1.54, 1.807) is 32.2 Å². The first-order valence-corrected chi connectivity index (χ1v) is 9.55. The molecule has 6 heteroatoms. The van der Waals surface area contributed by atoms with Crippen molar-refractivity contribution in [3.8, 4) is 11.5 Å². The SMILES string of the molecule is CCOc1cccc2cc(C(C)NC(=O)c3c(C)oc4ccc(OC)cc34)oc12. The monoisotopic (exact) mass is 393 g/mol. The molecule has 0 aliphatic carbocycles. The number of nitrogens with one attached hydrogen (secondary N) is 1. The third-order valence-electron chi connectivity index (χ3n) is 4.90. The van der Waals surface area contributed by atoms with Crippen LogP contribution in [-0.2, 0) is 0 Å². The van der Waals surface area contributed by atoms with E-state index in [2.05, 4.69) is 5.32 Å². The lowest BCUT2D eigenvalue weighted by atomic mass is 10.1. The Balaban J connectivity index is 1.63. The number of carbonyl (C=O) groups is 1. The number of carbonyl (C=O) groups excluding carboxylic acids is 1. The zero-order valence-corrected chi connectivity index (χ0v) is 16.9. The highest BCUT2D eigenvalue weighted by atomic mass is 16.5. The predicted molar refractivity (Wildman–Crippen MR) is 111 cm³/mol. The maximum atomic E-state index is 13.0. The van der Waals surface area contributed by atoms with Crippen molar-refractivity contribution in [2.45, 2.75) is 26.8 Å². The minimum Gasteiger partial charge on any atom is -0.497 e. The van der Waals surface area contributed by atoms with Gasteiger partial charge in [-0.15, -0.1) is 0 Å². The molecule has 0 bridgehead atoms. The number of methoxy groups -OCH3 is 1. The molecule has 2 aromatic carbocycles. The zero-order chi connectivity index (χ0) is 20.5. The van der Waals surface area contributed by atoms with Crippen molar-refractivity contribution in [3.05, 3.63) is 59.5 Å². The summed E-state index contributed by atoms with van der Waals surface area (Å²) in [6, 6.07) is 12.8. The van der Waals surface area contributed by atoms with E-state index >= 15 is 0 Å². The van der Waals surface area contributed by atoms with Crippen molar-refractivity contribution < 1.29 is 23.1 Å². The second-order valence-corrected chi connectivity index (χ2v) is 6.85. The lowest BCUT2D eigenvalue weighted by molar-refractivity contribution is 0.0935. The standard InChI is InChI=1S/C23H23NO5/c1-5-27-19-8-6-7-15-11-20(29-22(15)19)13(2)24-23(25)21-14(3)28-18-10-9-16(26-4)12-17(18)21/h6-13H,5H2,1-4H3,(H,24,25). The molecule has 0 aliphatic heterocycles. The number of amides is 1. The molecule has 29 heavy (non-hydrogen) atoms. The number of rotatable bonds is 6. The smallest absolute Gasteiger partial charge is 0.256 e. The highest BCUT2D eigenvalue weighted by Gasteiger charge is 2.22. The van der Waals surface area contributed by atoms with Crippen molar-refractivity contribution >= 4 is 27.8 Å². The molecule has 150 valence electrons. The summed E-state index contributed by atoms with van der Waals surface area (Å²) in [4.78, 5) is 13.0. The fraction of sp³-hybridized carbons (Fsp3) is 0.261. The summed E-state index contributed by atoms with van der Waals surface area (Å²) in [6.45, 7) is 6.14. The van der Waals surface area contributed by atoms with Gasteiger partial charge in [-0.25, -0.2) is 0 Å². The fourth-order valence-corrected chi connectivity index (χ4v) is 3.49. The third-order valence-corrected chi connectivity index (χ3v) is 4.90. The van der Waals surface area contributed by atoms with Crippen LogP contribution in [0.2, 0.25) is 0 Å². The summed E-state index contributed by atoms with van der Waals surface area (Å²) in [7, 11) is 1.59. The second-order valence-electron chi connectivity index (χ2n) is 6.85. The Labute approximate surface area is 168 Å². The Morgan fingerprint density at radius 1 is 1.17 bits per heavy atom. The molecule has 0 saturated heterocycles. The fourth-order valence-electron chi connectivity index (χ4n) is 3.49. The minimum absolute atomic E-state index is 0.229. The Kier molecular flexibility index (Phi) is 4.92. The summed E-state index contributed by atoms with van der Waals surface area (Å²) in [5, 5.41) is 4.66. The number of furan rings is 2. The van der Waals surface area contributed by atoms with E-state index in [4.69, 9.17) is 18.3 Å². The van der Waals surface area contributed by atoms with Gasteiger partial charge in [-0.1, -0.05) is 12.1 Å². The van der Waals surface area contributed by atoms with Crippen molar-refractivity contribution in [1.29, 1.82) is 0 Å². The summed E-state index contributed by atoms with van der Waals surface area (Å²) in [5.41, 5.74) is 1.82. The molecule has 0 aliphatic rings. The van der Waals surface area contributed by atoms with Gasteiger partial charge < -0.3 is 23.6 Å². The van der Waals surface area contributed by atoms with Gasteiger partial charge in [-0.3, -0.25) is 4.79 Å². The first-order chi connectivity index (χ1) is 14.0. The van der Waals surface area contributed by atoms with Crippen LogP contribution < -0.4 is 14.8 Å². The van der Waals surface area contributed by atoms with E-state index in [0.717, 1.165) is 10.8 Å². The van der Waals surface area contributed by atoms with Crippen LogP contribution in [0.25, 0.3) is 21.9 Å². The minimum atomic E-state index is -0.334. The highest BCUT2D eigenvalue weighted by Crippen LogP contribution is 2.32. The molecule has 1 amide bonds. The quantitative estimate of drug-likeness (QED) is 0.476. The second kappa shape index (κ2) is 7.54. The Bertz CT molecular complexity index is 1190. The lowest BCUT2D eigenvalue weighted by Gasteiger charge is -2.11. The molecule has 2 heterocycles. The van der Waals surface area contributed by atoms with Crippen LogP contribution in [0.3, 0.4) is 0 Å². The van der Waals surface area contributed by atoms with E-state index in [1.807, 2.05) is 38.1 Å². The Morgan fingerprint density at radius 3 is 2.76 bits per heavy atom. The molecule has 4 rings (SSSR count). The molecule has 4 aromatic rings. The van der Waals surface area contributed by atoms with Crippen LogP contribution in [-0.4, -0.2) is 19.6 Å². The van der Waals surface area contributed by atoms with Gasteiger partial charge in [0.15, 0.2) is 11.3 Å². The normalized spacial score (nSPS) is 12.3. The maximum absolute atomic E-state index is 13.0. The molecule has 0 radical (unpaired) electrons. The van der Waals surface area contributed by atoms with E-state index in [1.165, 1.54) is 0 Å². The predicted octanol–water partition coefficient (Wildman–Crippen LogP) is 5.39. The topological polar surface area (TPSA) is 73.8 Å².